The quantitative estimate of drug-likeness (QED) is 0.576. The molecule has 0 aliphatic heterocycles. The zero-order valence-electron chi connectivity index (χ0n) is 16.9. The number of hydrogen-bond acceptors (Lipinski definition) is 5. The lowest BCUT2D eigenvalue weighted by molar-refractivity contribution is 0.444. The van der Waals surface area contributed by atoms with Gasteiger partial charge in [-0.15, -0.1) is 0 Å². The van der Waals surface area contributed by atoms with Crippen LogP contribution in [0.5, 0.6) is 0 Å². The summed E-state index contributed by atoms with van der Waals surface area (Å²) >= 11 is 0. The second-order valence-electron chi connectivity index (χ2n) is 6.90. The lowest BCUT2D eigenvalue weighted by Crippen LogP contribution is -2.32. The van der Waals surface area contributed by atoms with Gasteiger partial charge in [0.15, 0.2) is 0 Å². The van der Waals surface area contributed by atoms with Gasteiger partial charge in [0.2, 0.25) is 10.0 Å². The van der Waals surface area contributed by atoms with Crippen molar-refractivity contribution in [2.45, 2.75) is 39.1 Å². The number of rotatable bonds is 6. The van der Waals surface area contributed by atoms with Gasteiger partial charge in [0, 0.05) is 36.8 Å². The number of aromatic nitrogens is 1. The van der Waals surface area contributed by atoms with Crippen molar-refractivity contribution in [1.29, 1.82) is 0 Å². The van der Waals surface area contributed by atoms with Gasteiger partial charge < -0.3 is 8.98 Å². The van der Waals surface area contributed by atoms with Crippen molar-refractivity contribution < 1.29 is 12.8 Å². The molecule has 2 heterocycles. The molecule has 1 aromatic carbocycles. The molecule has 0 fully saturated rings. The van der Waals surface area contributed by atoms with Gasteiger partial charge in [0.1, 0.15) is 5.58 Å². The molecule has 0 saturated carbocycles. The Bertz CT molecular complexity index is 1280. The minimum atomic E-state index is -3.70. The van der Waals surface area contributed by atoms with Crippen LogP contribution in [0.25, 0.3) is 11.0 Å². The van der Waals surface area contributed by atoms with Crippen LogP contribution in [0.1, 0.15) is 30.5 Å². The van der Waals surface area contributed by atoms with Crippen LogP contribution in [0.15, 0.2) is 55.4 Å². The molecule has 0 bridgehead atoms. The molecular formula is C21H24N2O5S. The first-order chi connectivity index (χ1) is 13.7. The zero-order valence-corrected chi connectivity index (χ0v) is 17.7. The van der Waals surface area contributed by atoms with Crippen molar-refractivity contribution >= 4 is 21.0 Å². The highest BCUT2D eigenvalue weighted by atomic mass is 32.2. The van der Waals surface area contributed by atoms with Gasteiger partial charge in [-0.2, -0.15) is 4.31 Å². The average molecular weight is 416 g/mol. The first-order valence-electron chi connectivity index (χ1n) is 9.42. The molecule has 0 aliphatic carbocycles. The minimum absolute atomic E-state index is 0.0418. The zero-order chi connectivity index (χ0) is 21.3. The summed E-state index contributed by atoms with van der Waals surface area (Å²) in [5, 5.41) is 0.719. The van der Waals surface area contributed by atoms with E-state index in [1.807, 2.05) is 26.0 Å². The molecule has 0 unspecified atom stereocenters. The molecule has 2 aromatic heterocycles. The molecule has 0 N–H and O–H groups in total. The molecule has 29 heavy (non-hydrogen) atoms. The first-order valence-corrected chi connectivity index (χ1v) is 10.9. The van der Waals surface area contributed by atoms with E-state index in [1.165, 1.54) is 33.3 Å². The van der Waals surface area contributed by atoms with Crippen LogP contribution in [0.4, 0.5) is 0 Å². The van der Waals surface area contributed by atoms with E-state index >= 15 is 0 Å². The highest BCUT2D eigenvalue weighted by molar-refractivity contribution is 7.89. The molecule has 0 spiro atoms. The molecular weight excluding hydrogens is 392 g/mol. The number of aryl methyl sites for hydroxylation is 2. The van der Waals surface area contributed by atoms with Crippen LogP contribution in [-0.2, 0) is 16.6 Å². The third kappa shape index (κ3) is 3.90. The van der Waals surface area contributed by atoms with E-state index < -0.39 is 15.6 Å². The summed E-state index contributed by atoms with van der Waals surface area (Å²) in [5.74, 6) is 0. The predicted molar refractivity (Wildman–Crippen MR) is 112 cm³/mol. The van der Waals surface area contributed by atoms with Gasteiger partial charge in [0.25, 0.3) is 5.56 Å². The Balaban J connectivity index is 2.14. The molecule has 3 aromatic rings. The number of benzene rings is 1. The van der Waals surface area contributed by atoms with Gasteiger partial charge >= 0.3 is 5.63 Å². The second kappa shape index (κ2) is 7.96. The van der Waals surface area contributed by atoms with E-state index in [1.54, 1.807) is 13.8 Å². The number of nitrogens with zero attached hydrogens (tertiary/aromatic N) is 2. The SMILES string of the molecule is CCN(CC)S(=O)(=O)c1ccc(=O)n(Cc2cc(=O)oc3c(C)c(C)ccc23)c1. The van der Waals surface area contributed by atoms with Crippen LogP contribution in [-0.4, -0.2) is 30.4 Å². The predicted octanol–water partition coefficient (Wildman–Crippen LogP) is 2.65. The first kappa shape index (κ1) is 21.0. The number of pyridine rings is 1. The molecule has 154 valence electrons. The van der Waals surface area contributed by atoms with Crippen LogP contribution in [0.2, 0.25) is 0 Å². The smallest absolute Gasteiger partial charge is 0.336 e. The normalized spacial score (nSPS) is 12.0. The fourth-order valence-corrected chi connectivity index (χ4v) is 4.82. The van der Waals surface area contributed by atoms with Crippen molar-refractivity contribution in [2.75, 3.05) is 13.1 Å². The fourth-order valence-electron chi connectivity index (χ4n) is 3.34. The van der Waals surface area contributed by atoms with Gasteiger partial charge in [-0.1, -0.05) is 26.0 Å². The van der Waals surface area contributed by atoms with Gasteiger partial charge in [-0.05, 0) is 36.6 Å². The molecule has 8 heteroatoms. The minimum Gasteiger partial charge on any atom is -0.422 e. The third-order valence-corrected chi connectivity index (χ3v) is 7.19. The van der Waals surface area contributed by atoms with Crippen molar-refractivity contribution in [3.05, 3.63) is 74.0 Å². The maximum absolute atomic E-state index is 12.8. The number of hydrogen-bond donors (Lipinski definition) is 0. The van der Waals surface area contributed by atoms with Crippen LogP contribution >= 0.6 is 0 Å². The highest BCUT2D eigenvalue weighted by Crippen LogP contribution is 2.24. The van der Waals surface area contributed by atoms with E-state index in [4.69, 9.17) is 4.42 Å². The van der Waals surface area contributed by atoms with Gasteiger partial charge in [-0.25, -0.2) is 13.2 Å². The number of fused-ring (bicyclic) bond motifs is 1. The molecule has 0 radical (unpaired) electrons. The summed E-state index contributed by atoms with van der Waals surface area (Å²) in [6.45, 7) is 8.04. The average Bonchev–Trinajstić information content (AvgIpc) is 2.67. The Hall–Kier alpha value is -2.71. The van der Waals surface area contributed by atoms with Crippen molar-refractivity contribution in [3.63, 3.8) is 0 Å². The van der Waals surface area contributed by atoms with E-state index in [-0.39, 0.29) is 17.0 Å². The van der Waals surface area contributed by atoms with Crippen molar-refractivity contribution in [1.82, 2.24) is 8.87 Å². The van der Waals surface area contributed by atoms with E-state index in [2.05, 4.69) is 0 Å². The lowest BCUT2D eigenvalue weighted by atomic mass is 10.0. The van der Waals surface area contributed by atoms with E-state index in [0.29, 0.717) is 24.2 Å². The summed E-state index contributed by atoms with van der Waals surface area (Å²) in [6, 6.07) is 7.66. The Morgan fingerprint density at radius 2 is 1.72 bits per heavy atom. The largest absolute Gasteiger partial charge is 0.422 e. The molecule has 3 rings (SSSR count). The molecule has 0 atom stereocenters. The lowest BCUT2D eigenvalue weighted by Gasteiger charge is -2.19. The van der Waals surface area contributed by atoms with Gasteiger partial charge in [0.05, 0.1) is 11.4 Å². The van der Waals surface area contributed by atoms with Crippen molar-refractivity contribution in [2.24, 2.45) is 0 Å². The maximum atomic E-state index is 12.8. The topological polar surface area (TPSA) is 89.6 Å². The third-order valence-electron chi connectivity index (χ3n) is 5.16. The van der Waals surface area contributed by atoms with Crippen LogP contribution in [0, 0.1) is 13.8 Å². The summed E-state index contributed by atoms with van der Waals surface area (Å²) in [4.78, 5) is 24.5. The summed E-state index contributed by atoms with van der Waals surface area (Å²) in [7, 11) is -3.70. The Morgan fingerprint density at radius 3 is 2.38 bits per heavy atom. The monoisotopic (exact) mass is 416 g/mol. The van der Waals surface area contributed by atoms with E-state index in [9.17, 15) is 18.0 Å². The summed E-state index contributed by atoms with van der Waals surface area (Å²) < 4.78 is 33.6. The Kier molecular flexibility index (Phi) is 5.77. The number of sulfonamides is 1. The molecule has 7 nitrogen and oxygen atoms in total. The Morgan fingerprint density at radius 1 is 1.03 bits per heavy atom. The summed E-state index contributed by atoms with van der Waals surface area (Å²) in [5.41, 5.74) is 2.05. The molecule has 0 aliphatic rings. The van der Waals surface area contributed by atoms with Gasteiger partial charge in [-0.3, -0.25) is 4.79 Å². The fraction of sp³-hybridized carbons (Fsp3) is 0.333. The highest BCUT2D eigenvalue weighted by Gasteiger charge is 2.22. The van der Waals surface area contributed by atoms with E-state index in [0.717, 1.165) is 16.5 Å². The second-order valence-corrected chi connectivity index (χ2v) is 8.83. The van der Waals surface area contributed by atoms with Crippen LogP contribution in [0.3, 0.4) is 0 Å². The van der Waals surface area contributed by atoms with Crippen LogP contribution < -0.4 is 11.2 Å². The summed E-state index contributed by atoms with van der Waals surface area (Å²) in [6.07, 6.45) is 1.33. The maximum Gasteiger partial charge on any atom is 0.336 e. The Labute approximate surface area is 169 Å². The molecule has 0 saturated heterocycles. The molecule has 0 amide bonds. The van der Waals surface area contributed by atoms with Crippen molar-refractivity contribution in [3.8, 4) is 0 Å². The standard InChI is InChI=1S/C21H24N2O5S/c1-5-23(6-2)29(26,27)17-8-10-19(24)22(13-17)12-16-11-20(25)28-21-15(4)14(3)7-9-18(16)21/h7-11,13H,5-6,12H2,1-4H3.